The molecule has 6 nitrogen and oxygen atoms in total. The van der Waals surface area contributed by atoms with Gasteiger partial charge < -0.3 is 9.88 Å². The van der Waals surface area contributed by atoms with Crippen molar-refractivity contribution in [3.8, 4) is 5.69 Å². The quantitative estimate of drug-likeness (QED) is 0.565. The van der Waals surface area contributed by atoms with Crippen molar-refractivity contribution in [1.82, 2.24) is 24.6 Å². The number of aromatic nitrogens is 4. The summed E-state index contributed by atoms with van der Waals surface area (Å²) in [5.41, 5.74) is 4.58. The number of benzene rings is 2. The largest absolute Gasteiger partial charge is 0.348 e. The van der Waals surface area contributed by atoms with Gasteiger partial charge in [-0.2, -0.15) is 5.10 Å². The number of para-hydroxylation sites is 1. The van der Waals surface area contributed by atoms with Crippen LogP contribution in [0.5, 0.6) is 0 Å². The molecular formula is C22H21N5O. The minimum Gasteiger partial charge on any atom is -0.348 e. The van der Waals surface area contributed by atoms with E-state index in [2.05, 4.69) is 27.5 Å². The van der Waals surface area contributed by atoms with Gasteiger partial charge in [0.25, 0.3) is 5.91 Å². The molecule has 4 aromatic rings. The van der Waals surface area contributed by atoms with Gasteiger partial charge in [0.1, 0.15) is 0 Å². The van der Waals surface area contributed by atoms with Gasteiger partial charge in [-0.25, -0.2) is 9.67 Å². The van der Waals surface area contributed by atoms with Crippen molar-refractivity contribution < 1.29 is 4.79 Å². The van der Waals surface area contributed by atoms with Gasteiger partial charge in [-0.1, -0.05) is 42.5 Å². The van der Waals surface area contributed by atoms with E-state index in [1.807, 2.05) is 60.2 Å². The molecule has 2 heterocycles. The lowest BCUT2D eigenvalue weighted by Crippen LogP contribution is -2.23. The maximum atomic E-state index is 12.6. The van der Waals surface area contributed by atoms with E-state index in [1.54, 1.807) is 23.4 Å². The minimum atomic E-state index is -0.123. The molecule has 0 saturated heterocycles. The molecule has 6 heteroatoms. The molecule has 28 heavy (non-hydrogen) atoms. The smallest absolute Gasteiger partial charge is 0.255 e. The third kappa shape index (κ3) is 3.86. The Balaban J connectivity index is 1.39. The lowest BCUT2D eigenvalue weighted by Gasteiger charge is -2.08. The summed E-state index contributed by atoms with van der Waals surface area (Å²) in [5, 5.41) is 7.34. The number of carbonyl (C=O) groups is 1. The zero-order valence-electron chi connectivity index (χ0n) is 15.6. The summed E-state index contributed by atoms with van der Waals surface area (Å²) >= 11 is 0. The summed E-state index contributed by atoms with van der Waals surface area (Å²) in [6, 6.07) is 18.0. The molecule has 0 aliphatic rings. The molecule has 2 aromatic carbocycles. The minimum absolute atomic E-state index is 0.123. The lowest BCUT2D eigenvalue weighted by molar-refractivity contribution is 0.0950. The number of hydrogen-bond acceptors (Lipinski definition) is 3. The van der Waals surface area contributed by atoms with Crippen molar-refractivity contribution >= 4 is 5.91 Å². The van der Waals surface area contributed by atoms with E-state index in [-0.39, 0.29) is 5.91 Å². The number of carbonyl (C=O) groups excluding carboxylic acids is 1. The van der Waals surface area contributed by atoms with Crippen LogP contribution < -0.4 is 5.32 Å². The second kappa shape index (κ2) is 7.92. The first-order chi connectivity index (χ1) is 13.7. The molecule has 0 aliphatic carbocycles. The van der Waals surface area contributed by atoms with Crippen LogP contribution >= 0.6 is 0 Å². The number of imidazole rings is 1. The van der Waals surface area contributed by atoms with E-state index >= 15 is 0 Å². The van der Waals surface area contributed by atoms with Gasteiger partial charge >= 0.3 is 0 Å². The Morgan fingerprint density at radius 2 is 1.79 bits per heavy atom. The third-order valence-electron chi connectivity index (χ3n) is 4.66. The fraction of sp³-hybridized carbons (Fsp3) is 0.136. The van der Waals surface area contributed by atoms with Crippen molar-refractivity contribution in [2.75, 3.05) is 0 Å². The highest BCUT2D eigenvalue weighted by atomic mass is 16.1. The van der Waals surface area contributed by atoms with Crippen LogP contribution in [0.2, 0.25) is 0 Å². The molecule has 2 aromatic heterocycles. The SMILES string of the molecule is Cc1c(C(=O)NCc2ccc(Cn3ccnc3)cc2)cnn1-c1ccccc1. The number of nitrogens with zero attached hydrogens (tertiary/aromatic N) is 4. The number of hydrogen-bond donors (Lipinski definition) is 1. The average molecular weight is 371 g/mol. The first-order valence-corrected chi connectivity index (χ1v) is 9.12. The van der Waals surface area contributed by atoms with Gasteiger partial charge in [0, 0.05) is 25.5 Å². The predicted molar refractivity (Wildman–Crippen MR) is 107 cm³/mol. The summed E-state index contributed by atoms with van der Waals surface area (Å²) in [4.78, 5) is 16.6. The molecular weight excluding hydrogens is 350 g/mol. The Bertz CT molecular complexity index is 1050. The van der Waals surface area contributed by atoms with Gasteiger partial charge in [0.2, 0.25) is 0 Å². The monoisotopic (exact) mass is 371 g/mol. The van der Waals surface area contributed by atoms with Crippen molar-refractivity contribution in [1.29, 1.82) is 0 Å². The van der Waals surface area contributed by atoms with Crippen LogP contribution in [-0.2, 0) is 13.1 Å². The topological polar surface area (TPSA) is 64.7 Å². The van der Waals surface area contributed by atoms with E-state index < -0.39 is 0 Å². The van der Waals surface area contributed by atoms with Gasteiger partial charge in [0.05, 0.1) is 29.5 Å². The van der Waals surface area contributed by atoms with Crippen LogP contribution in [0.25, 0.3) is 5.69 Å². The lowest BCUT2D eigenvalue weighted by atomic mass is 10.1. The fourth-order valence-electron chi connectivity index (χ4n) is 3.09. The summed E-state index contributed by atoms with van der Waals surface area (Å²) < 4.78 is 3.80. The average Bonchev–Trinajstić information content (AvgIpc) is 3.37. The zero-order chi connectivity index (χ0) is 19.3. The van der Waals surface area contributed by atoms with Crippen molar-refractivity contribution in [2.24, 2.45) is 0 Å². The Kier molecular flexibility index (Phi) is 5.01. The predicted octanol–water partition coefficient (Wildman–Crippen LogP) is 3.36. The summed E-state index contributed by atoms with van der Waals surface area (Å²) in [7, 11) is 0. The summed E-state index contributed by atoms with van der Waals surface area (Å²) in [6.07, 6.45) is 7.12. The number of nitrogens with one attached hydrogen (secondary N) is 1. The highest BCUT2D eigenvalue weighted by Crippen LogP contribution is 2.14. The van der Waals surface area contributed by atoms with Gasteiger partial charge in [-0.15, -0.1) is 0 Å². The molecule has 0 aliphatic heterocycles. The van der Waals surface area contributed by atoms with E-state index in [4.69, 9.17) is 0 Å². The van der Waals surface area contributed by atoms with Crippen LogP contribution in [0.15, 0.2) is 79.5 Å². The molecule has 0 atom stereocenters. The van der Waals surface area contributed by atoms with Crippen molar-refractivity contribution in [3.63, 3.8) is 0 Å². The zero-order valence-corrected chi connectivity index (χ0v) is 15.6. The number of rotatable bonds is 6. The number of amides is 1. The standard InChI is InChI=1S/C22H21N5O/c1-17-21(14-25-27(17)20-5-3-2-4-6-20)22(28)24-13-18-7-9-19(10-8-18)15-26-12-11-23-16-26/h2-12,14,16H,13,15H2,1H3,(H,24,28). The Morgan fingerprint density at radius 3 is 2.50 bits per heavy atom. The molecule has 0 spiro atoms. The van der Waals surface area contributed by atoms with Crippen LogP contribution in [0.1, 0.15) is 27.2 Å². The van der Waals surface area contributed by atoms with Gasteiger partial charge in [0.15, 0.2) is 0 Å². The Hall–Kier alpha value is -3.67. The second-order valence-corrected chi connectivity index (χ2v) is 6.63. The normalized spacial score (nSPS) is 10.8. The van der Waals surface area contributed by atoms with E-state index in [0.717, 1.165) is 23.5 Å². The van der Waals surface area contributed by atoms with Crippen molar-refractivity contribution in [3.05, 3.63) is 102 Å². The summed E-state index contributed by atoms with van der Waals surface area (Å²) in [6.45, 7) is 3.16. The highest BCUT2D eigenvalue weighted by molar-refractivity contribution is 5.95. The summed E-state index contributed by atoms with van der Waals surface area (Å²) in [5.74, 6) is -0.123. The van der Waals surface area contributed by atoms with E-state index in [9.17, 15) is 4.79 Å². The third-order valence-corrected chi connectivity index (χ3v) is 4.66. The van der Waals surface area contributed by atoms with Crippen LogP contribution in [0.3, 0.4) is 0 Å². The van der Waals surface area contributed by atoms with E-state index in [0.29, 0.717) is 12.1 Å². The molecule has 0 fully saturated rings. The maximum absolute atomic E-state index is 12.6. The molecule has 0 bridgehead atoms. The van der Waals surface area contributed by atoms with E-state index in [1.165, 1.54) is 5.56 Å². The van der Waals surface area contributed by atoms with Gasteiger partial charge in [-0.3, -0.25) is 4.79 Å². The van der Waals surface area contributed by atoms with Crippen molar-refractivity contribution in [2.45, 2.75) is 20.0 Å². The first-order valence-electron chi connectivity index (χ1n) is 9.12. The fourth-order valence-corrected chi connectivity index (χ4v) is 3.09. The van der Waals surface area contributed by atoms with Crippen LogP contribution in [0.4, 0.5) is 0 Å². The molecule has 0 saturated carbocycles. The second-order valence-electron chi connectivity index (χ2n) is 6.63. The molecule has 1 amide bonds. The molecule has 0 unspecified atom stereocenters. The Labute approximate surface area is 163 Å². The molecule has 140 valence electrons. The molecule has 4 rings (SSSR count). The maximum Gasteiger partial charge on any atom is 0.255 e. The molecule has 1 N–H and O–H groups in total. The van der Waals surface area contributed by atoms with Crippen LogP contribution in [-0.4, -0.2) is 25.2 Å². The van der Waals surface area contributed by atoms with Gasteiger partial charge in [-0.05, 0) is 30.2 Å². The first kappa shape index (κ1) is 17.7. The highest BCUT2D eigenvalue weighted by Gasteiger charge is 2.14. The molecule has 0 radical (unpaired) electrons. The Morgan fingerprint density at radius 1 is 1.04 bits per heavy atom. The van der Waals surface area contributed by atoms with Crippen LogP contribution in [0, 0.1) is 6.92 Å².